The number of nitrogens with two attached hydrogens (primary N) is 1. The van der Waals surface area contributed by atoms with E-state index in [1.165, 1.54) is 12.8 Å². The Labute approximate surface area is 64.4 Å². The summed E-state index contributed by atoms with van der Waals surface area (Å²) < 4.78 is 0. The first-order valence-electron chi connectivity index (χ1n) is 4.12. The quantitative estimate of drug-likeness (QED) is 0.625. The van der Waals surface area contributed by atoms with Gasteiger partial charge in [-0.2, -0.15) is 0 Å². The van der Waals surface area contributed by atoms with Crippen molar-refractivity contribution < 1.29 is 0 Å². The molecule has 2 heteroatoms. The van der Waals surface area contributed by atoms with Gasteiger partial charge in [0.1, 0.15) is 0 Å². The highest BCUT2D eigenvalue weighted by atomic mass is 15.1. The first-order chi connectivity index (χ1) is 4.72. The molecule has 0 bridgehead atoms. The van der Waals surface area contributed by atoms with Crippen LogP contribution in [-0.4, -0.2) is 31.1 Å². The molecule has 62 valence electrons. The zero-order chi connectivity index (χ0) is 7.98. The maximum absolute atomic E-state index is 5.42. The van der Waals surface area contributed by atoms with E-state index in [0.717, 1.165) is 13.1 Å². The lowest BCUT2D eigenvalue weighted by molar-refractivity contribution is 0.251. The van der Waals surface area contributed by atoms with Crippen LogP contribution in [0.1, 0.15) is 26.7 Å². The molecule has 0 spiro atoms. The van der Waals surface area contributed by atoms with Crippen LogP contribution in [0.15, 0.2) is 0 Å². The molecule has 0 amide bonds. The maximum Gasteiger partial charge on any atom is 0.0104 e. The number of hydrogen-bond donors (Lipinski definition) is 1. The number of likely N-dealkylation sites (N-methyl/N-ethyl adjacent to an activating group) is 1. The third-order valence-electron chi connectivity index (χ3n) is 1.94. The molecule has 0 heterocycles. The van der Waals surface area contributed by atoms with Gasteiger partial charge < -0.3 is 10.6 Å². The molecule has 0 aromatic carbocycles. The van der Waals surface area contributed by atoms with E-state index in [1.807, 2.05) is 0 Å². The van der Waals surface area contributed by atoms with Crippen LogP contribution >= 0.6 is 0 Å². The Morgan fingerprint density at radius 1 is 1.50 bits per heavy atom. The van der Waals surface area contributed by atoms with Crippen molar-refractivity contribution in [2.45, 2.75) is 32.7 Å². The lowest BCUT2D eigenvalue weighted by Crippen LogP contribution is -2.33. The van der Waals surface area contributed by atoms with Gasteiger partial charge in [-0.25, -0.2) is 0 Å². The molecule has 2 N–H and O–H groups in total. The van der Waals surface area contributed by atoms with Gasteiger partial charge >= 0.3 is 0 Å². The van der Waals surface area contributed by atoms with Crippen LogP contribution in [0.2, 0.25) is 0 Å². The number of hydrogen-bond acceptors (Lipinski definition) is 2. The van der Waals surface area contributed by atoms with Crippen LogP contribution in [-0.2, 0) is 0 Å². The van der Waals surface area contributed by atoms with E-state index in [9.17, 15) is 0 Å². The summed E-state index contributed by atoms with van der Waals surface area (Å²) in [5, 5.41) is 0. The van der Waals surface area contributed by atoms with Crippen molar-refractivity contribution in [1.82, 2.24) is 4.90 Å². The molecule has 0 aliphatic rings. The van der Waals surface area contributed by atoms with Gasteiger partial charge in [-0.15, -0.1) is 0 Å². The maximum atomic E-state index is 5.42. The molecule has 0 aliphatic heterocycles. The van der Waals surface area contributed by atoms with Crippen molar-refractivity contribution in [3.05, 3.63) is 0 Å². The van der Waals surface area contributed by atoms with Crippen molar-refractivity contribution in [2.24, 2.45) is 5.73 Å². The molecule has 0 saturated heterocycles. The minimum Gasteiger partial charge on any atom is -0.329 e. The lowest BCUT2D eigenvalue weighted by Gasteiger charge is -2.23. The zero-order valence-corrected chi connectivity index (χ0v) is 7.43. The Balaban J connectivity index is 3.38. The molecule has 0 saturated carbocycles. The SMILES string of the molecule is CCCC(C)N(C)CCN. The molecular formula is C8H20N2. The minimum absolute atomic E-state index is 0.688. The Hall–Kier alpha value is -0.0800. The van der Waals surface area contributed by atoms with Crippen LogP contribution in [0.5, 0.6) is 0 Å². The van der Waals surface area contributed by atoms with Gasteiger partial charge in [0.05, 0.1) is 0 Å². The molecular weight excluding hydrogens is 124 g/mol. The fraction of sp³-hybridized carbons (Fsp3) is 1.00. The van der Waals surface area contributed by atoms with Crippen LogP contribution < -0.4 is 5.73 Å². The molecule has 0 fully saturated rings. The fourth-order valence-corrected chi connectivity index (χ4v) is 1.06. The molecule has 0 rings (SSSR count). The van der Waals surface area contributed by atoms with E-state index in [1.54, 1.807) is 0 Å². The minimum atomic E-state index is 0.688. The number of nitrogens with zero attached hydrogens (tertiary/aromatic N) is 1. The second-order valence-electron chi connectivity index (χ2n) is 2.91. The Bertz CT molecular complexity index is 63.7. The third kappa shape index (κ3) is 3.85. The van der Waals surface area contributed by atoms with E-state index < -0.39 is 0 Å². The molecule has 0 aromatic rings. The van der Waals surface area contributed by atoms with Crippen molar-refractivity contribution in [1.29, 1.82) is 0 Å². The highest BCUT2D eigenvalue weighted by molar-refractivity contribution is 4.61. The molecule has 0 aliphatic carbocycles. The van der Waals surface area contributed by atoms with Gasteiger partial charge in [-0.05, 0) is 20.4 Å². The van der Waals surface area contributed by atoms with Gasteiger partial charge in [0.25, 0.3) is 0 Å². The van der Waals surface area contributed by atoms with E-state index >= 15 is 0 Å². The summed E-state index contributed by atoms with van der Waals surface area (Å²) in [5.41, 5.74) is 5.42. The second-order valence-corrected chi connectivity index (χ2v) is 2.91. The van der Waals surface area contributed by atoms with Gasteiger partial charge in [-0.1, -0.05) is 13.3 Å². The Morgan fingerprint density at radius 3 is 2.50 bits per heavy atom. The predicted octanol–water partition coefficient (Wildman–Crippen LogP) is 1.07. The average molecular weight is 144 g/mol. The number of rotatable bonds is 5. The van der Waals surface area contributed by atoms with Crippen LogP contribution in [0.25, 0.3) is 0 Å². The van der Waals surface area contributed by atoms with Gasteiger partial charge in [0.15, 0.2) is 0 Å². The van der Waals surface area contributed by atoms with Gasteiger partial charge in [0, 0.05) is 19.1 Å². The molecule has 2 nitrogen and oxygen atoms in total. The van der Waals surface area contributed by atoms with E-state index in [-0.39, 0.29) is 0 Å². The summed E-state index contributed by atoms with van der Waals surface area (Å²) in [6, 6.07) is 0.688. The second kappa shape index (κ2) is 5.69. The summed E-state index contributed by atoms with van der Waals surface area (Å²) >= 11 is 0. The summed E-state index contributed by atoms with van der Waals surface area (Å²) in [6.07, 6.45) is 2.53. The van der Waals surface area contributed by atoms with Crippen LogP contribution in [0, 0.1) is 0 Å². The van der Waals surface area contributed by atoms with Crippen LogP contribution in [0.3, 0.4) is 0 Å². The van der Waals surface area contributed by atoms with Gasteiger partial charge in [-0.3, -0.25) is 0 Å². The van der Waals surface area contributed by atoms with E-state index in [2.05, 4.69) is 25.8 Å². The van der Waals surface area contributed by atoms with Crippen molar-refractivity contribution in [2.75, 3.05) is 20.1 Å². The Kier molecular flexibility index (Phi) is 5.64. The zero-order valence-electron chi connectivity index (χ0n) is 7.43. The third-order valence-corrected chi connectivity index (χ3v) is 1.94. The molecule has 0 aromatic heterocycles. The highest BCUT2D eigenvalue weighted by Gasteiger charge is 2.05. The monoisotopic (exact) mass is 144 g/mol. The summed E-state index contributed by atoms with van der Waals surface area (Å²) in [4.78, 5) is 2.31. The summed E-state index contributed by atoms with van der Waals surface area (Å²) in [7, 11) is 2.13. The Morgan fingerprint density at radius 2 is 2.10 bits per heavy atom. The van der Waals surface area contributed by atoms with E-state index in [4.69, 9.17) is 5.73 Å². The van der Waals surface area contributed by atoms with Crippen molar-refractivity contribution in [3.63, 3.8) is 0 Å². The topological polar surface area (TPSA) is 29.3 Å². The first kappa shape index (κ1) is 9.92. The first-order valence-corrected chi connectivity index (χ1v) is 4.12. The largest absolute Gasteiger partial charge is 0.329 e. The van der Waals surface area contributed by atoms with Crippen LogP contribution in [0.4, 0.5) is 0 Å². The smallest absolute Gasteiger partial charge is 0.0104 e. The summed E-state index contributed by atoms with van der Waals surface area (Å²) in [5.74, 6) is 0. The normalized spacial score (nSPS) is 14.1. The van der Waals surface area contributed by atoms with Crippen molar-refractivity contribution >= 4 is 0 Å². The summed E-state index contributed by atoms with van der Waals surface area (Å²) in [6.45, 7) is 6.25. The predicted molar refractivity (Wildman–Crippen MR) is 46.1 cm³/mol. The lowest BCUT2D eigenvalue weighted by atomic mass is 10.2. The molecule has 1 unspecified atom stereocenters. The standard InChI is InChI=1S/C8H20N2/c1-4-5-8(2)10(3)7-6-9/h8H,4-7,9H2,1-3H3. The molecule has 10 heavy (non-hydrogen) atoms. The highest BCUT2D eigenvalue weighted by Crippen LogP contribution is 2.01. The van der Waals surface area contributed by atoms with Gasteiger partial charge in [0.2, 0.25) is 0 Å². The fourth-order valence-electron chi connectivity index (χ4n) is 1.06. The van der Waals surface area contributed by atoms with Crippen molar-refractivity contribution in [3.8, 4) is 0 Å². The molecule has 0 radical (unpaired) electrons. The molecule has 1 atom stereocenters. The average Bonchev–Trinajstić information content (AvgIpc) is 1.89. The van der Waals surface area contributed by atoms with E-state index in [0.29, 0.717) is 6.04 Å².